The third-order valence-corrected chi connectivity index (χ3v) is 2.61. The molecular weight excluding hydrogens is 214 g/mol. The number of hydrogen-bond donors (Lipinski definition) is 2. The Morgan fingerprint density at radius 2 is 2.27 bits per heavy atom. The van der Waals surface area contributed by atoms with Gasteiger partial charge in [0.05, 0.1) is 0 Å². The van der Waals surface area contributed by atoms with E-state index in [1.54, 1.807) is 32.0 Å². The predicted molar refractivity (Wildman–Crippen MR) is 61.4 cm³/mol. The van der Waals surface area contributed by atoms with E-state index in [4.69, 9.17) is 11.6 Å². The second-order valence-electron chi connectivity index (χ2n) is 3.55. The molecule has 0 saturated carbocycles. The summed E-state index contributed by atoms with van der Waals surface area (Å²) in [5.74, 6) is 0.178. The lowest BCUT2D eigenvalue weighted by atomic mass is 10.1. The molecule has 0 aliphatic carbocycles. The molecule has 15 heavy (non-hydrogen) atoms. The Hall–Kier alpha value is -1.22. The first-order valence-electron chi connectivity index (χ1n) is 4.71. The monoisotopic (exact) mass is 227 g/mol. The number of carbonyl (C=O) groups excluding carboxylic acids is 1. The van der Waals surface area contributed by atoms with Crippen molar-refractivity contribution in [2.24, 2.45) is 5.92 Å². The average Bonchev–Trinajstić information content (AvgIpc) is 2.22. The minimum Gasteiger partial charge on any atom is -0.508 e. The highest BCUT2D eigenvalue weighted by Crippen LogP contribution is 2.20. The number of phenols is 1. The Balaban J connectivity index is 2.73. The summed E-state index contributed by atoms with van der Waals surface area (Å²) in [6.07, 6.45) is 0. The number of alkyl halides is 1. The van der Waals surface area contributed by atoms with Crippen LogP contribution in [-0.4, -0.2) is 16.9 Å². The van der Waals surface area contributed by atoms with Crippen LogP contribution in [0.25, 0.3) is 0 Å². The van der Waals surface area contributed by atoms with E-state index in [2.05, 4.69) is 5.32 Å². The summed E-state index contributed by atoms with van der Waals surface area (Å²) in [7, 11) is 0. The van der Waals surface area contributed by atoms with Crippen LogP contribution >= 0.6 is 11.6 Å². The van der Waals surface area contributed by atoms with Crippen LogP contribution in [0.5, 0.6) is 5.75 Å². The van der Waals surface area contributed by atoms with Crippen molar-refractivity contribution in [3.05, 3.63) is 23.8 Å². The van der Waals surface area contributed by atoms with E-state index in [0.29, 0.717) is 11.6 Å². The van der Waals surface area contributed by atoms with Gasteiger partial charge in [0.2, 0.25) is 5.91 Å². The molecule has 1 aromatic carbocycles. The average molecular weight is 228 g/mol. The first-order valence-corrected chi connectivity index (χ1v) is 5.24. The molecule has 0 radical (unpaired) electrons. The van der Waals surface area contributed by atoms with Gasteiger partial charge in [0.1, 0.15) is 5.75 Å². The zero-order valence-electron chi connectivity index (χ0n) is 8.75. The molecular formula is C11H14ClNO2. The third kappa shape index (κ3) is 3.13. The van der Waals surface area contributed by atoms with Gasteiger partial charge in [0, 0.05) is 17.5 Å². The summed E-state index contributed by atoms with van der Waals surface area (Å²) >= 11 is 5.57. The Labute approximate surface area is 94.1 Å². The summed E-state index contributed by atoms with van der Waals surface area (Å²) in [4.78, 5) is 11.5. The highest BCUT2D eigenvalue weighted by Gasteiger charge is 2.11. The molecule has 0 aliphatic heterocycles. The quantitative estimate of drug-likeness (QED) is 0.616. The Kier molecular flexibility index (Phi) is 3.97. The molecule has 0 aliphatic rings. The minimum atomic E-state index is -0.222. The van der Waals surface area contributed by atoms with E-state index in [1.165, 1.54) is 0 Å². The van der Waals surface area contributed by atoms with Crippen LogP contribution in [0.2, 0.25) is 0 Å². The van der Waals surface area contributed by atoms with Gasteiger partial charge in [-0.25, -0.2) is 0 Å². The van der Waals surface area contributed by atoms with Gasteiger partial charge in [0.15, 0.2) is 0 Å². The van der Waals surface area contributed by atoms with E-state index in [1.807, 2.05) is 0 Å². The van der Waals surface area contributed by atoms with Crippen LogP contribution in [0.15, 0.2) is 18.2 Å². The van der Waals surface area contributed by atoms with E-state index in [-0.39, 0.29) is 17.6 Å². The van der Waals surface area contributed by atoms with Crippen LogP contribution < -0.4 is 5.32 Å². The summed E-state index contributed by atoms with van der Waals surface area (Å²) in [5, 5.41) is 12.0. The lowest BCUT2D eigenvalue weighted by Crippen LogP contribution is -2.21. The molecule has 1 atom stereocenters. The van der Waals surface area contributed by atoms with Crippen molar-refractivity contribution in [1.82, 2.24) is 0 Å². The number of aryl methyl sites for hydroxylation is 1. The second-order valence-corrected chi connectivity index (χ2v) is 3.85. The van der Waals surface area contributed by atoms with Crippen LogP contribution in [0.1, 0.15) is 12.5 Å². The van der Waals surface area contributed by atoms with Crippen molar-refractivity contribution in [1.29, 1.82) is 0 Å². The molecule has 0 saturated heterocycles. The van der Waals surface area contributed by atoms with Crippen molar-refractivity contribution in [3.8, 4) is 5.75 Å². The van der Waals surface area contributed by atoms with Crippen molar-refractivity contribution in [2.45, 2.75) is 13.8 Å². The zero-order valence-corrected chi connectivity index (χ0v) is 9.51. The molecule has 1 amide bonds. The number of rotatable bonds is 3. The summed E-state index contributed by atoms with van der Waals surface area (Å²) in [6.45, 7) is 3.53. The Morgan fingerprint density at radius 3 is 2.80 bits per heavy atom. The van der Waals surface area contributed by atoms with Gasteiger partial charge in [-0.15, -0.1) is 11.6 Å². The molecule has 2 N–H and O–H groups in total. The fourth-order valence-corrected chi connectivity index (χ4v) is 1.21. The molecule has 1 unspecified atom stereocenters. The Morgan fingerprint density at radius 1 is 1.60 bits per heavy atom. The highest BCUT2D eigenvalue weighted by atomic mass is 35.5. The number of anilines is 1. The number of hydrogen-bond acceptors (Lipinski definition) is 2. The molecule has 1 rings (SSSR count). The van der Waals surface area contributed by atoms with Gasteiger partial charge >= 0.3 is 0 Å². The van der Waals surface area contributed by atoms with Gasteiger partial charge in [0.25, 0.3) is 0 Å². The molecule has 1 aromatic rings. The van der Waals surface area contributed by atoms with Crippen LogP contribution in [0.4, 0.5) is 5.69 Å². The highest BCUT2D eigenvalue weighted by molar-refractivity contribution is 6.19. The van der Waals surface area contributed by atoms with Crippen molar-refractivity contribution < 1.29 is 9.90 Å². The number of carbonyl (C=O) groups is 1. The number of aromatic hydroxyl groups is 1. The van der Waals surface area contributed by atoms with Gasteiger partial charge in [-0.3, -0.25) is 4.79 Å². The van der Waals surface area contributed by atoms with Crippen molar-refractivity contribution in [2.75, 3.05) is 11.2 Å². The maximum Gasteiger partial charge on any atom is 0.228 e. The smallest absolute Gasteiger partial charge is 0.228 e. The summed E-state index contributed by atoms with van der Waals surface area (Å²) < 4.78 is 0. The number of phenolic OH excluding ortho intramolecular Hbond substituents is 1. The first-order chi connectivity index (χ1) is 7.04. The standard InChI is InChI=1S/C11H14ClNO2/c1-7-5-9(3-4-10(7)14)13-11(15)8(2)6-12/h3-5,8,14H,6H2,1-2H3,(H,13,15). The minimum absolute atomic E-state index is 0.116. The topological polar surface area (TPSA) is 49.3 Å². The molecule has 0 fully saturated rings. The van der Waals surface area contributed by atoms with Gasteiger partial charge < -0.3 is 10.4 Å². The summed E-state index contributed by atoms with van der Waals surface area (Å²) in [5.41, 5.74) is 1.40. The van der Waals surface area contributed by atoms with Crippen LogP contribution in [-0.2, 0) is 4.79 Å². The maximum absolute atomic E-state index is 11.5. The maximum atomic E-state index is 11.5. The third-order valence-electron chi connectivity index (χ3n) is 2.14. The van der Waals surface area contributed by atoms with Gasteiger partial charge in [-0.05, 0) is 30.7 Å². The normalized spacial score (nSPS) is 12.2. The molecule has 0 heterocycles. The van der Waals surface area contributed by atoms with Crippen molar-refractivity contribution >= 4 is 23.2 Å². The number of amides is 1. The van der Waals surface area contributed by atoms with E-state index < -0.39 is 0 Å². The Bertz CT molecular complexity index is 366. The molecule has 0 aromatic heterocycles. The van der Waals surface area contributed by atoms with Gasteiger partial charge in [-0.1, -0.05) is 6.92 Å². The number of halogens is 1. The summed E-state index contributed by atoms with van der Waals surface area (Å²) in [6, 6.07) is 4.92. The van der Waals surface area contributed by atoms with E-state index in [9.17, 15) is 9.90 Å². The largest absolute Gasteiger partial charge is 0.508 e. The van der Waals surface area contributed by atoms with E-state index in [0.717, 1.165) is 5.56 Å². The van der Waals surface area contributed by atoms with Crippen molar-refractivity contribution in [3.63, 3.8) is 0 Å². The molecule has 0 bridgehead atoms. The molecule has 4 heteroatoms. The molecule has 3 nitrogen and oxygen atoms in total. The zero-order chi connectivity index (χ0) is 11.4. The first kappa shape index (κ1) is 11.9. The fraction of sp³-hybridized carbons (Fsp3) is 0.364. The molecule has 82 valence electrons. The lowest BCUT2D eigenvalue weighted by molar-refractivity contribution is -0.118. The second kappa shape index (κ2) is 5.03. The van der Waals surface area contributed by atoms with Crippen LogP contribution in [0.3, 0.4) is 0 Å². The van der Waals surface area contributed by atoms with Crippen LogP contribution in [0, 0.1) is 12.8 Å². The fourth-order valence-electron chi connectivity index (χ4n) is 1.07. The molecule has 0 spiro atoms. The lowest BCUT2D eigenvalue weighted by Gasteiger charge is -2.10. The SMILES string of the molecule is Cc1cc(NC(=O)C(C)CCl)ccc1O. The number of benzene rings is 1. The predicted octanol–water partition coefficient (Wildman–Crippen LogP) is 2.51. The van der Waals surface area contributed by atoms with Gasteiger partial charge in [-0.2, -0.15) is 0 Å². The van der Waals surface area contributed by atoms with E-state index >= 15 is 0 Å². The number of nitrogens with one attached hydrogen (secondary N) is 1.